The van der Waals surface area contributed by atoms with Gasteiger partial charge in [0.05, 0.1) is 0 Å². The number of halogens is 1. The first-order valence-electron chi connectivity index (χ1n) is 18.2. The van der Waals surface area contributed by atoms with E-state index in [0.717, 1.165) is 12.0 Å². The highest BCUT2D eigenvalue weighted by molar-refractivity contribution is 5.98. The van der Waals surface area contributed by atoms with Gasteiger partial charge >= 0.3 is 0 Å². The number of rotatable bonds is 6. The quantitative estimate of drug-likeness (QED) is 0.154. The molecule has 2 aliphatic heterocycles. The Morgan fingerprint density at radius 1 is 0.800 bits per heavy atom. The molecule has 55 heavy (non-hydrogen) atoms. The number of hydrogen-bond donors (Lipinski definition) is 6. The summed E-state index contributed by atoms with van der Waals surface area (Å²) in [6.45, 7) is 6.98. The molecule has 8 N–H and O–H groups in total. The highest BCUT2D eigenvalue weighted by Gasteiger charge is 2.49. The molecule has 9 rings (SSSR count). The predicted octanol–water partition coefficient (Wildman–Crippen LogP) is 4.04. The van der Waals surface area contributed by atoms with Crippen molar-refractivity contribution in [2.24, 2.45) is 11.8 Å². The predicted molar refractivity (Wildman–Crippen MR) is 206 cm³/mol. The third-order valence-electron chi connectivity index (χ3n) is 10.4. The number of aryl methyl sites for hydroxylation is 2. The van der Waals surface area contributed by atoms with Crippen molar-refractivity contribution in [3.05, 3.63) is 104 Å². The van der Waals surface area contributed by atoms with E-state index < -0.39 is 23.6 Å². The van der Waals surface area contributed by atoms with Gasteiger partial charge in [0.2, 0.25) is 0 Å². The second kappa shape index (κ2) is 14.1. The molecule has 6 heterocycles. The van der Waals surface area contributed by atoms with E-state index in [2.05, 4.69) is 47.3 Å². The Balaban J connectivity index is 0.000000162. The summed E-state index contributed by atoms with van der Waals surface area (Å²) in [4.78, 5) is 67.3. The number of nitrogens with two attached hydrogens (primary N) is 2. The van der Waals surface area contributed by atoms with E-state index in [4.69, 9.17) is 11.5 Å². The second-order valence-electron chi connectivity index (χ2n) is 14.1. The van der Waals surface area contributed by atoms with Crippen molar-refractivity contribution in [3.8, 4) is 0 Å². The highest BCUT2D eigenvalue weighted by Crippen LogP contribution is 2.47. The van der Waals surface area contributed by atoms with E-state index >= 15 is 0 Å². The van der Waals surface area contributed by atoms with Crippen LogP contribution in [0.2, 0.25) is 0 Å². The highest BCUT2D eigenvalue weighted by atomic mass is 19.1. The number of amides is 2. The molecule has 286 valence electrons. The summed E-state index contributed by atoms with van der Waals surface area (Å²) < 4.78 is 16.1. The fourth-order valence-corrected chi connectivity index (χ4v) is 7.87. The van der Waals surface area contributed by atoms with Crippen LogP contribution >= 0.6 is 0 Å². The number of fused-ring (bicyclic) bond motifs is 4. The molecule has 1 saturated carbocycles. The molecule has 17 heteroatoms. The summed E-state index contributed by atoms with van der Waals surface area (Å²) in [7, 11) is 0. The van der Waals surface area contributed by atoms with Crippen LogP contribution in [0, 0.1) is 25.7 Å². The number of carbonyl (C=O) groups is 2. The summed E-state index contributed by atoms with van der Waals surface area (Å²) in [6, 6.07) is 6.34. The van der Waals surface area contributed by atoms with Gasteiger partial charge in [-0.15, -0.1) is 0 Å². The Morgan fingerprint density at radius 3 is 1.78 bits per heavy atom. The van der Waals surface area contributed by atoms with Crippen molar-refractivity contribution in [1.29, 1.82) is 0 Å². The Bertz CT molecular complexity index is 2400. The molecule has 2 amide bonds. The van der Waals surface area contributed by atoms with Crippen LogP contribution in [-0.4, -0.2) is 47.6 Å². The molecule has 0 aromatic carbocycles. The first kappa shape index (κ1) is 36.9. The maximum Gasteiger partial charge on any atom is 0.277 e. The van der Waals surface area contributed by atoms with Gasteiger partial charge in [-0.3, -0.25) is 28.3 Å². The zero-order valence-electron chi connectivity index (χ0n) is 30.9. The molecule has 5 aliphatic rings. The number of alkyl halides is 1. The largest absolute Gasteiger partial charge is 0.384 e. The molecule has 1 fully saturated rings. The maximum atomic E-state index is 13.3. The van der Waals surface area contributed by atoms with Gasteiger partial charge in [-0.2, -0.15) is 0 Å². The van der Waals surface area contributed by atoms with Crippen LogP contribution in [0.15, 0.2) is 70.3 Å². The Morgan fingerprint density at radius 2 is 1.31 bits per heavy atom. The van der Waals surface area contributed by atoms with Crippen molar-refractivity contribution in [2.45, 2.75) is 71.1 Å². The zero-order chi connectivity index (χ0) is 39.2. The molecule has 4 aromatic rings. The Hall–Kier alpha value is -6.39. The first-order chi connectivity index (χ1) is 26.4. The lowest BCUT2D eigenvalue weighted by Gasteiger charge is -2.27. The lowest BCUT2D eigenvalue weighted by Crippen LogP contribution is -2.45. The molecule has 0 radical (unpaired) electrons. The fraction of sp³-hybridized carbons (Fsp3) is 0.368. The summed E-state index contributed by atoms with van der Waals surface area (Å²) in [5.74, 6) is 1.91. The van der Waals surface area contributed by atoms with E-state index in [1.54, 1.807) is 35.8 Å². The summed E-state index contributed by atoms with van der Waals surface area (Å²) in [5.41, 5.74) is 12.2. The minimum absolute atomic E-state index is 0.205. The van der Waals surface area contributed by atoms with E-state index in [0.29, 0.717) is 70.3 Å². The van der Waals surface area contributed by atoms with Crippen molar-refractivity contribution < 1.29 is 14.0 Å². The van der Waals surface area contributed by atoms with Gasteiger partial charge in [-0.25, -0.2) is 24.3 Å². The van der Waals surface area contributed by atoms with Gasteiger partial charge < -0.3 is 32.7 Å². The number of nitrogen functional groups attached to an aromatic ring is 2. The Labute approximate surface area is 315 Å². The molecule has 4 aromatic heterocycles. The van der Waals surface area contributed by atoms with Crippen LogP contribution in [0.5, 0.6) is 0 Å². The number of anilines is 6. The molecular formula is C38H43FN12O4. The third kappa shape index (κ3) is 6.59. The smallest absolute Gasteiger partial charge is 0.277 e. The number of hydrogen-bond acceptors (Lipinski definition) is 12. The second-order valence-corrected chi connectivity index (χ2v) is 14.1. The van der Waals surface area contributed by atoms with Crippen LogP contribution in [0.4, 0.5) is 39.0 Å². The van der Waals surface area contributed by atoms with E-state index in [1.807, 2.05) is 26.8 Å². The number of allylic oxidation sites excluding steroid dienone is 2. The van der Waals surface area contributed by atoms with Gasteiger partial charge in [0.15, 0.2) is 0 Å². The van der Waals surface area contributed by atoms with Crippen molar-refractivity contribution >= 4 is 46.5 Å². The van der Waals surface area contributed by atoms with Crippen molar-refractivity contribution in [1.82, 2.24) is 39.7 Å². The van der Waals surface area contributed by atoms with E-state index in [1.165, 1.54) is 36.1 Å². The van der Waals surface area contributed by atoms with Crippen LogP contribution in [0.3, 0.4) is 0 Å². The molecule has 0 saturated heterocycles. The third-order valence-corrected chi connectivity index (χ3v) is 10.4. The SMILES string of the molecule is CC.Cc1cc(Nc2cc(N)ncn2)c(=O)n2c1C(=O)NC21C=C(CF)CC1.Cc1cc(Nc2cc(N)ncn2)c(=O)n2c1C(=O)NC21C=CC(C2CC2)C1. The molecule has 2 spiro atoms. The Kier molecular flexibility index (Phi) is 9.48. The molecular weight excluding hydrogens is 707 g/mol. The van der Waals surface area contributed by atoms with Gasteiger partial charge in [-0.05, 0) is 92.4 Å². The minimum Gasteiger partial charge on any atom is -0.384 e. The normalized spacial score (nSPS) is 22.6. The average Bonchev–Trinajstić information content (AvgIpc) is 3.53. The molecule has 3 unspecified atom stereocenters. The fourth-order valence-electron chi connectivity index (χ4n) is 7.87. The summed E-state index contributed by atoms with van der Waals surface area (Å²) in [5, 5.41) is 11.9. The molecule has 3 aliphatic carbocycles. The van der Waals surface area contributed by atoms with E-state index in [-0.39, 0.29) is 28.9 Å². The van der Waals surface area contributed by atoms with E-state index in [9.17, 15) is 23.6 Å². The van der Waals surface area contributed by atoms with Gasteiger partial charge in [0.25, 0.3) is 22.9 Å². The van der Waals surface area contributed by atoms with Crippen LogP contribution in [0.25, 0.3) is 0 Å². The molecule has 3 atom stereocenters. The lowest BCUT2D eigenvalue weighted by molar-refractivity contribution is 0.0926. The van der Waals surface area contributed by atoms with Crippen LogP contribution < -0.4 is 43.9 Å². The monoisotopic (exact) mass is 750 g/mol. The van der Waals surface area contributed by atoms with Crippen LogP contribution in [-0.2, 0) is 11.3 Å². The van der Waals surface area contributed by atoms with Gasteiger partial charge in [-0.1, -0.05) is 19.9 Å². The summed E-state index contributed by atoms with van der Waals surface area (Å²) >= 11 is 0. The van der Waals surface area contributed by atoms with Crippen molar-refractivity contribution in [3.63, 3.8) is 0 Å². The number of nitrogens with zero attached hydrogens (tertiary/aromatic N) is 6. The molecule has 16 nitrogen and oxygen atoms in total. The van der Waals surface area contributed by atoms with Gasteiger partial charge in [0, 0.05) is 18.6 Å². The van der Waals surface area contributed by atoms with Crippen LogP contribution in [0.1, 0.15) is 78.1 Å². The zero-order valence-corrected chi connectivity index (χ0v) is 30.9. The standard InChI is InChI=1S/C19H20N6O2.C17H17FN6O2.C2H6/c1-10-6-13(23-15-7-14(20)21-9-22-15)18(27)25-16(10)17(26)24-19(25)5-4-12(8-19)11-2-3-11;1-9-4-11(22-13-5-12(19)20-8-21-13)16(26)24-14(9)15(25)23-17(24)3-2-10(6-17)7-18;1-2/h4-7,9,11-12H,2-3,8H2,1H3,(H,24,26)(H3,20,21,22,23);4-6,8H,2-3,7H2,1H3,(H,23,25)(H3,19,20,21,22);1-2H3. The van der Waals surface area contributed by atoms with Crippen molar-refractivity contribution in [2.75, 3.05) is 28.8 Å². The lowest BCUT2D eigenvalue weighted by atomic mass is 9.99. The first-order valence-corrected chi connectivity index (χ1v) is 18.2. The number of nitrogens with one attached hydrogen (secondary N) is 4. The minimum atomic E-state index is -1.02. The maximum absolute atomic E-state index is 13.3. The molecule has 0 bridgehead atoms. The van der Waals surface area contributed by atoms with Gasteiger partial charge in [0.1, 0.15) is 76.7 Å². The average molecular weight is 751 g/mol. The number of pyridine rings is 2. The number of aromatic nitrogens is 6. The summed E-state index contributed by atoms with van der Waals surface area (Å²) in [6.07, 6.45) is 12.5. The number of carbonyl (C=O) groups excluding carboxylic acids is 2. The topological polar surface area (TPSA) is 230 Å².